The molecule has 0 radical (unpaired) electrons. The molecule has 0 atom stereocenters. The molecule has 0 spiro atoms. The Bertz CT molecular complexity index is 1410. The van der Waals surface area contributed by atoms with E-state index in [0.717, 1.165) is 22.5 Å². The summed E-state index contributed by atoms with van der Waals surface area (Å²) in [6, 6.07) is 32.1. The number of aryl methyl sites for hydroxylation is 4. The zero-order chi connectivity index (χ0) is 28.2. The molecule has 0 fully saturated rings. The zero-order valence-electron chi connectivity index (χ0n) is 23.0. The molecule has 40 heavy (non-hydrogen) atoms. The number of benzene rings is 4. The van der Waals surface area contributed by atoms with Crippen LogP contribution in [-0.2, 0) is 0 Å². The summed E-state index contributed by atoms with van der Waals surface area (Å²) in [6.45, 7) is 8.35. The summed E-state index contributed by atoms with van der Waals surface area (Å²) in [5.41, 5.74) is 14.7. The van der Waals surface area contributed by atoms with Gasteiger partial charge in [0.05, 0.1) is 23.8 Å². The van der Waals surface area contributed by atoms with E-state index in [1.165, 1.54) is 43.8 Å². The molecule has 0 aliphatic heterocycles. The van der Waals surface area contributed by atoms with Gasteiger partial charge in [-0.3, -0.25) is 10.9 Å². The minimum atomic E-state index is 0.613. The summed E-state index contributed by atoms with van der Waals surface area (Å²) in [4.78, 5) is 9.67. The van der Waals surface area contributed by atoms with Gasteiger partial charge in [0, 0.05) is 0 Å². The molecule has 4 rings (SSSR count). The lowest BCUT2D eigenvalue weighted by Crippen LogP contribution is -2.16. The van der Waals surface area contributed by atoms with Gasteiger partial charge in [-0.15, -0.1) is 0 Å². The molecule has 0 aliphatic carbocycles. The summed E-state index contributed by atoms with van der Waals surface area (Å²) < 4.78 is 0. The fraction of sp³-hybridized carbons (Fsp3) is 0.125. The molecule has 0 amide bonds. The van der Waals surface area contributed by atoms with Gasteiger partial charge in [-0.1, -0.05) is 72.8 Å². The Hall–Kier alpha value is -4.14. The van der Waals surface area contributed by atoms with E-state index in [2.05, 4.69) is 73.0 Å². The maximum Gasteiger partial charge on any atom is 0.193 e. The first-order valence-electron chi connectivity index (χ1n) is 12.8. The topological polar surface area (TPSA) is 73.5 Å². The van der Waals surface area contributed by atoms with E-state index < -0.39 is 0 Å². The van der Waals surface area contributed by atoms with Crippen LogP contribution in [0.4, 0.5) is 11.4 Å². The van der Waals surface area contributed by atoms with Crippen molar-refractivity contribution in [3.63, 3.8) is 0 Å². The minimum Gasteiger partial charge on any atom is -0.255 e. The average Bonchev–Trinajstić information content (AvgIpc) is 2.96. The van der Waals surface area contributed by atoms with E-state index in [1.807, 2.05) is 72.8 Å². The maximum atomic E-state index is 4.84. The fourth-order valence-corrected chi connectivity index (χ4v) is 4.97. The average molecular weight is 565 g/mol. The number of amidine groups is 2. The lowest BCUT2D eigenvalue weighted by molar-refractivity contribution is 1.05. The lowest BCUT2D eigenvalue weighted by Gasteiger charge is -2.09. The van der Waals surface area contributed by atoms with Crippen LogP contribution >= 0.6 is 21.6 Å². The molecule has 0 saturated carbocycles. The Kier molecular flexibility index (Phi) is 10.7. The van der Waals surface area contributed by atoms with Crippen molar-refractivity contribution in [2.45, 2.75) is 27.7 Å². The summed E-state index contributed by atoms with van der Waals surface area (Å²) in [7, 11) is 2.83. The second kappa shape index (κ2) is 14.9. The second-order valence-electron chi connectivity index (χ2n) is 9.10. The number of nitrogens with zero attached hydrogens (tertiary/aromatic N) is 4. The third-order valence-corrected chi connectivity index (χ3v) is 7.95. The molecule has 2 N–H and O–H groups in total. The summed E-state index contributed by atoms with van der Waals surface area (Å²) in [5, 5.41) is 10.1. The first-order chi connectivity index (χ1) is 19.5. The monoisotopic (exact) mass is 564 g/mol. The van der Waals surface area contributed by atoms with E-state index in [9.17, 15) is 0 Å². The third-order valence-electron chi connectivity index (χ3n) is 5.99. The number of hydrogen-bond acceptors (Lipinski definition) is 6. The first-order valence-corrected chi connectivity index (χ1v) is 15.0. The number of nitrogens with one attached hydrogen (secondary N) is 2. The molecule has 8 heteroatoms. The quantitative estimate of drug-likeness (QED) is 0.107. The predicted octanol–water partition coefficient (Wildman–Crippen LogP) is 8.22. The van der Waals surface area contributed by atoms with Gasteiger partial charge >= 0.3 is 0 Å². The highest BCUT2D eigenvalue weighted by Crippen LogP contribution is 2.28. The normalized spacial score (nSPS) is 12.3. The van der Waals surface area contributed by atoms with Crippen LogP contribution in [0.1, 0.15) is 33.4 Å². The first kappa shape index (κ1) is 28.9. The van der Waals surface area contributed by atoms with Crippen molar-refractivity contribution < 1.29 is 0 Å². The number of rotatable bonds is 6. The third kappa shape index (κ3) is 9.25. The Morgan fingerprint density at radius 1 is 0.525 bits per heavy atom. The lowest BCUT2D eigenvalue weighted by atomic mass is 10.1. The Labute approximate surface area is 244 Å². The van der Waals surface area contributed by atoms with E-state index in [1.54, 1.807) is 12.4 Å². The fourth-order valence-electron chi connectivity index (χ4n) is 3.43. The Balaban J connectivity index is 1.57. The molecular formula is C32H32N6S2. The van der Waals surface area contributed by atoms with Crippen molar-refractivity contribution in [1.29, 1.82) is 0 Å². The van der Waals surface area contributed by atoms with Crippen LogP contribution in [0.2, 0.25) is 0 Å². The van der Waals surface area contributed by atoms with Gasteiger partial charge in [0.15, 0.2) is 10.3 Å². The van der Waals surface area contributed by atoms with Crippen LogP contribution in [0.5, 0.6) is 0 Å². The van der Waals surface area contributed by atoms with Gasteiger partial charge in [-0.25, -0.2) is 9.98 Å². The van der Waals surface area contributed by atoms with Crippen molar-refractivity contribution in [2.24, 2.45) is 20.2 Å². The Morgan fingerprint density at radius 2 is 0.925 bits per heavy atom. The van der Waals surface area contributed by atoms with E-state index in [-0.39, 0.29) is 0 Å². The molecule has 202 valence electrons. The van der Waals surface area contributed by atoms with Crippen molar-refractivity contribution >= 4 is 55.7 Å². The van der Waals surface area contributed by atoms with Crippen LogP contribution in [0.3, 0.4) is 0 Å². The highest BCUT2D eigenvalue weighted by molar-refractivity contribution is 8.87. The van der Waals surface area contributed by atoms with Gasteiger partial charge < -0.3 is 0 Å². The maximum absolute atomic E-state index is 4.84. The van der Waals surface area contributed by atoms with Gasteiger partial charge in [0.1, 0.15) is 0 Å². The number of hydrogen-bond donors (Lipinski definition) is 2. The highest BCUT2D eigenvalue weighted by atomic mass is 33.1. The van der Waals surface area contributed by atoms with Crippen LogP contribution in [0.25, 0.3) is 0 Å². The predicted molar refractivity (Wildman–Crippen MR) is 176 cm³/mol. The van der Waals surface area contributed by atoms with Gasteiger partial charge in [0.2, 0.25) is 0 Å². The minimum absolute atomic E-state index is 0.613. The number of hydrazone groups is 2. The van der Waals surface area contributed by atoms with Crippen LogP contribution in [0.15, 0.2) is 117 Å². The van der Waals surface area contributed by atoms with E-state index in [0.29, 0.717) is 10.3 Å². The SMILES string of the molecule is Cc1ccc(N=C(N/N=C/c2ccccc2)SSC(=Nc2ccc(C)c(C)c2)N/N=C/c2ccccc2)cc1C. The Morgan fingerprint density at radius 3 is 1.30 bits per heavy atom. The molecule has 0 bridgehead atoms. The van der Waals surface area contributed by atoms with Crippen molar-refractivity contribution in [1.82, 2.24) is 10.9 Å². The number of aliphatic imine (C=N–C) groups is 2. The summed E-state index contributed by atoms with van der Waals surface area (Å²) in [5.74, 6) is 0. The smallest absolute Gasteiger partial charge is 0.193 e. The van der Waals surface area contributed by atoms with Crippen LogP contribution in [0, 0.1) is 27.7 Å². The standard InChI is InChI=1S/C32H32N6S2/c1-23-15-17-29(19-25(23)3)35-31(37-33-21-27-11-7-5-8-12-27)39-40-32(36-30-18-16-24(2)26(4)20-30)38-34-22-28-13-9-6-10-14-28/h5-22H,1-4H3,(H,35,37)(H,36,38)/b33-21+,34-22+. The summed E-state index contributed by atoms with van der Waals surface area (Å²) >= 11 is 0. The summed E-state index contributed by atoms with van der Waals surface area (Å²) in [6.07, 6.45) is 3.54. The molecule has 6 nitrogen and oxygen atoms in total. The second-order valence-corrected chi connectivity index (χ2v) is 11.2. The molecule has 0 unspecified atom stereocenters. The van der Waals surface area contributed by atoms with Crippen molar-refractivity contribution in [2.75, 3.05) is 0 Å². The van der Waals surface area contributed by atoms with Crippen LogP contribution in [-0.4, -0.2) is 22.8 Å². The molecular weight excluding hydrogens is 533 g/mol. The van der Waals surface area contributed by atoms with Crippen molar-refractivity contribution in [3.05, 3.63) is 130 Å². The molecule has 4 aromatic carbocycles. The molecule has 0 aromatic heterocycles. The molecule has 0 aliphatic rings. The van der Waals surface area contributed by atoms with Gasteiger partial charge in [0.25, 0.3) is 0 Å². The molecule has 0 heterocycles. The highest BCUT2D eigenvalue weighted by Gasteiger charge is 2.08. The molecule has 0 saturated heterocycles. The zero-order valence-corrected chi connectivity index (χ0v) is 24.6. The molecule has 4 aromatic rings. The van der Waals surface area contributed by atoms with Gasteiger partial charge in [-0.05, 0) is 107 Å². The van der Waals surface area contributed by atoms with Gasteiger partial charge in [-0.2, -0.15) is 10.2 Å². The largest absolute Gasteiger partial charge is 0.255 e. The van der Waals surface area contributed by atoms with E-state index in [4.69, 9.17) is 9.98 Å². The van der Waals surface area contributed by atoms with Crippen molar-refractivity contribution in [3.8, 4) is 0 Å². The van der Waals surface area contributed by atoms with Crippen LogP contribution < -0.4 is 10.9 Å². The van der Waals surface area contributed by atoms with E-state index >= 15 is 0 Å².